The number of aryl methyl sites for hydroxylation is 1. The molecule has 0 atom stereocenters. The standard InChI is InChI=1S/C17H22BN3O4/c1-12-8-13(6-7-15(12)21(22)23)10-20-11-14(9-19-20)18-24-16(2,3)17(4,5)25-18/h6-9,11H,10H2,1-5H3. The Morgan fingerprint density at radius 1 is 1.24 bits per heavy atom. The SMILES string of the molecule is Cc1cc(Cn2cc(B3OC(C)(C)C(C)(C)O3)cn2)ccc1[N+](=O)[O-]. The van der Waals surface area contributed by atoms with E-state index in [-0.39, 0.29) is 10.6 Å². The van der Waals surface area contributed by atoms with E-state index in [2.05, 4.69) is 5.10 Å². The maximum Gasteiger partial charge on any atom is 0.498 e. The summed E-state index contributed by atoms with van der Waals surface area (Å²) in [5, 5.41) is 15.3. The summed E-state index contributed by atoms with van der Waals surface area (Å²) in [5.41, 5.74) is 1.79. The fraction of sp³-hybridized carbons (Fsp3) is 0.471. The molecule has 1 aromatic heterocycles. The van der Waals surface area contributed by atoms with Gasteiger partial charge in [-0.25, -0.2) is 0 Å². The summed E-state index contributed by atoms with van der Waals surface area (Å²) >= 11 is 0. The molecule has 7 nitrogen and oxygen atoms in total. The molecule has 1 aliphatic rings. The van der Waals surface area contributed by atoms with E-state index in [1.165, 1.54) is 6.07 Å². The van der Waals surface area contributed by atoms with E-state index in [9.17, 15) is 10.1 Å². The van der Waals surface area contributed by atoms with E-state index in [1.807, 2.05) is 40.0 Å². The molecule has 2 aromatic rings. The predicted octanol–water partition coefficient (Wildman–Crippen LogP) is 2.45. The number of benzene rings is 1. The molecule has 1 aromatic carbocycles. The molecule has 0 aliphatic carbocycles. The fourth-order valence-corrected chi connectivity index (χ4v) is 2.77. The molecular weight excluding hydrogens is 321 g/mol. The van der Waals surface area contributed by atoms with E-state index in [0.717, 1.165) is 11.0 Å². The van der Waals surface area contributed by atoms with Crippen LogP contribution >= 0.6 is 0 Å². The van der Waals surface area contributed by atoms with Crippen LogP contribution in [-0.4, -0.2) is 33.0 Å². The van der Waals surface area contributed by atoms with E-state index >= 15 is 0 Å². The smallest absolute Gasteiger partial charge is 0.399 e. The zero-order valence-corrected chi connectivity index (χ0v) is 15.1. The molecule has 3 rings (SSSR count). The van der Waals surface area contributed by atoms with Crippen molar-refractivity contribution in [3.8, 4) is 0 Å². The van der Waals surface area contributed by atoms with Crippen molar-refractivity contribution in [2.45, 2.75) is 52.4 Å². The van der Waals surface area contributed by atoms with E-state index in [1.54, 1.807) is 23.9 Å². The number of hydrogen-bond acceptors (Lipinski definition) is 5. The van der Waals surface area contributed by atoms with Crippen LogP contribution in [0.4, 0.5) is 5.69 Å². The molecular formula is C17H22BN3O4. The van der Waals surface area contributed by atoms with Crippen LogP contribution < -0.4 is 5.46 Å². The first-order chi connectivity index (χ1) is 11.6. The highest BCUT2D eigenvalue weighted by Gasteiger charge is 2.52. The van der Waals surface area contributed by atoms with Gasteiger partial charge in [0.05, 0.1) is 22.7 Å². The summed E-state index contributed by atoms with van der Waals surface area (Å²) in [4.78, 5) is 10.5. The Labute approximate surface area is 147 Å². The number of rotatable bonds is 4. The third-order valence-corrected chi connectivity index (χ3v) is 4.98. The van der Waals surface area contributed by atoms with Crippen LogP contribution in [0.1, 0.15) is 38.8 Å². The summed E-state index contributed by atoms with van der Waals surface area (Å²) < 4.78 is 13.8. The first kappa shape index (κ1) is 17.6. The van der Waals surface area contributed by atoms with Crippen molar-refractivity contribution in [1.82, 2.24) is 9.78 Å². The molecule has 0 amide bonds. The van der Waals surface area contributed by atoms with Gasteiger partial charge in [0.15, 0.2) is 0 Å². The molecule has 0 saturated carbocycles. The fourth-order valence-electron chi connectivity index (χ4n) is 2.77. The maximum atomic E-state index is 10.9. The normalized spacial score (nSPS) is 18.5. The predicted molar refractivity (Wildman–Crippen MR) is 94.9 cm³/mol. The topological polar surface area (TPSA) is 79.4 Å². The highest BCUT2D eigenvalue weighted by atomic mass is 16.7. The average molecular weight is 343 g/mol. The van der Waals surface area contributed by atoms with Gasteiger partial charge in [-0.15, -0.1) is 0 Å². The van der Waals surface area contributed by atoms with Crippen LogP contribution in [0.25, 0.3) is 0 Å². The zero-order valence-electron chi connectivity index (χ0n) is 15.1. The Hall–Kier alpha value is -2.19. The van der Waals surface area contributed by atoms with Gasteiger partial charge < -0.3 is 9.31 Å². The Balaban J connectivity index is 1.75. The summed E-state index contributed by atoms with van der Waals surface area (Å²) in [6, 6.07) is 5.10. The second kappa shape index (κ2) is 5.96. The molecule has 0 radical (unpaired) electrons. The van der Waals surface area contributed by atoms with E-state index in [4.69, 9.17) is 9.31 Å². The molecule has 1 aliphatic heterocycles. The second-order valence-corrected chi connectivity index (χ2v) is 7.44. The van der Waals surface area contributed by atoms with Gasteiger partial charge in [0.2, 0.25) is 0 Å². The van der Waals surface area contributed by atoms with Gasteiger partial charge in [-0.1, -0.05) is 6.07 Å². The first-order valence-corrected chi connectivity index (χ1v) is 8.21. The largest absolute Gasteiger partial charge is 0.498 e. The lowest BCUT2D eigenvalue weighted by Crippen LogP contribution is -2.41. The Morgan fingerprint density at radius 3 is 2.44 bits per heavy atom. The van der Waals surface area contributed by atoms with E-state index < -0.39 is 18.3 Å². The zero-order chi connectivity index (χ0) is 18.4. The van der Waals surface area contributed by atoms with Crippen molar-refractivity contribution in [3.63, 3.8) is 0 Å². The lowest BCUT2D eigenvalue weighted by atomic mass is 9.82. The summed E-state index contributed by atoms with van der Waals surface area (Å²) in [6.45, 7) is 10.3. The summed E-state index contributed by atoms with van der Waals surface area (Å²) in [5.74, 6) is 0. The molecule has 2 heterocycles. The van der Waals surface area contributed by atoms with Crippen LogP contribution in [-0.2, 0) is 15.9 Å². The molecule has 1 saturated heterocycles. The minimum absolute atomic E-state index is 0.127. The van der Waals surface area contributed by atoms with Crippen molar-refractivity contribution >= 4 is 18.3 Å². The maximum absolute atomic E-state index is 10.9. The Kier molecular flexibility index (Phi) is 4.21. The Morgan fingerprint density at radius 2 is 1.88 bits per heavy atom. The highest BCUT2D eigenvalue weighted by molar-refractivity contribution is 6.61. The van der Waals surface area contributed by atoms with Gasteiger partial charge in [0, 0.05) is 29.5 Å². The molecule has 0 bridgehead atoms. The number of nitrogens with zero attached hydrogens (tertiary/aromatic N) is 3. The number of hydrogen-bond donors (Lipinski definition) is 0. The highest BCUT2D eigenvalue weighted by Crippen LogP contribution is 2.36. The van der Waals surface area contributed by atoms with Crippen molar-refractivity contribution in [2.24, 2.45) is 0 Å². The van der Waals surface area contributed by atoms with Gasteiger partial charge in [-0.2, -0.15) is 5.10 Å². The lowest BCUT2D eigenvalue weighted by molar-refractivity contribution is -0.385. The molecule has 0 spiro atoms. The average Bonchev–Trinajstić information content (AvgIpc) is 3.01. The number of aromatic nitrogens is 2. The molecule has 0 N–H and O–H groups in total. The summed E-state index contributed by atoms with van der Waals surface area (Å²) in [7, 11) is -0.447. The molecule has 0 unspecified atom stereocenters. The van der Waals surface area contributed by atoms with Gasteiger partial charge in [-0.05, 0) is 46.2 Å². The van der Waals surface area contributed by atoms with Crippen LogP contribution in [0.3, 0.4) is 0 Å². The van der Waals surface area contributed by atoms with Gasteiger partial charge in [-0.3, -0.25) is 14.8 Å². The molecule has 8 heteroatoms. The quantitative estimate of drug-likeness (QED) is 0.484. The number of nitro benzene ring substituents is 1. The molecule has 132 valence electrons. The third-order valence-electron chi connectivity index (χ3n) is 4.98. The minimum atomic E-state index is -0.447. The van der Waals surface area contributed by atoms with Gasteiger partial charge in [0.1, 0.15) is 0 Å². The van der Waals surface area contributed by atoms with Crippen molar-refractivity contribution < 1.29 is 14.2 Å². The van der Waals surface area contributed by atoms with Crippen LogP contribution in [0.5, 0.6) is 0 Å². The first-order valence-electron chi connectivity index (χ1n) is 8.21. The third kappa shape index (κ3) is 3.32. The van der Waals surface area contributed by atoms with Crippen molar-refractivity contribution in [2.75, 3.05) is 0 Å². The van der Waals surface area contributed by atoms with Crippen molar-refractivity contribution in [1.29, 1.82) is 0 Å². The van der Waals surface area contributed by atoms with Gasteiger partial charge >= 0.3 is 7.12 Å². The summed E-state index contributed by atoms with van der Waals surface area (Å²) in [6.07, 6.45) is 3.62. The Bertz CT molecular complexity index is 800. The van der Waals surface area contributed by atoms with Gasteiger partial charge in [0.25, 0.3) is 5.69 Å². The minimum Gasteiger partial charge on any atom is -0.399 e. The second-order valence-electron chi connectivity index (χ2n) is 7.44. The van der Waals surface area contributed by atoms with Crippen LogP contribution in [0.15, 0.2) is 30.6 Å². The van der Waals surface area contributed by atoms with Crippen LogP contribution in [0, 0.1) is 17.0 Å². The van der Waals surface area contributed by atoms with Crippen LogP contribution in [0.2, 0.25) is 0 Å². The monoisotopic (exact) mass is 343 g/mol. The van der Waals surface area contributed by atoms with Crippen molar-refractivity contribution in [3.05, 3.63) is 51.8 Å². The molecule has 25 heavy (non-hydrogen) atoms. The number of nitro groups is 1. The van der Waals surface area contributed by atoms with E-state index in [0.29, 0.717) is 12.1 Å². The lowest BCUT2D eigenvalue weighted by Gasteiger charge is -2.32. The molecule has 1 fully saturated rings.